The summed E-state index contributed by atoms with van der Waals surface area (Å²) in [4.78, 5) is 40.1. The molecule has 168 valence electrons. The van der Waals surface area contributed by atoms with E-state index in [2.05, 4.69) is 20.3 Å². The molecule has 1 atom stereocenters. The van der Waals surface area contributed by atoms with E-state index in [0.29, 0.717) is 11.3 Å². The Hall–Kier alpha value is -3.73. The van der Waals surface area contributed by atoms with Crippen molar-refractivity contribution >= 4 is 39.5 Å². The smallest absolute Gasteiger partial charge is 0.331 e. The van der Waals surface area contributed by atoms with Crippen LogP contribution >= 0.6 is 0 Å². The summed E-state index contributed by atoms with van der Waals surface area (Å²) in [5.74, 6) is -1.67. The number of urea groups is 1. The molecule has 3 rings (SSSR count). The van der Waals surface area contributed by atoms with Crippen LogP contribution in [0, 0.1) is 13.8 Å². The summed E-state index contributed by atoms with van der Waals surface area (Å²) < 4.78 is 31.4. The van der Waals surface area contributed by atoms with Gasteiger partial charge in [-0.3, -0.25) is 19.8 Å². The maximum absolute atomic E-state index is 12.2. The number of aliphatic imine (C=N–C) groups is 1. The van der Waals surface area contributed by atoms with E-state index in [0.717, 1.165) is 11.1 Å². The molecule has 0 bridgehead atoms. The van der Waals surface area contributed by atoms with Gasteiger partial charge < -0.3 is 10.1 Å². The molecule has 1 aliphatic rings. The molecule has 3 N–H and O–H groups in total. The van der Waals surface area contributed by atoms with Crippen LogP contribution in [-0.2, 0) is 24.3 Å². The van der Waals surface area contributed by atoms with E-state index in [1.807, 2.05) is 19.9 Å². The van der Waals surface area contributed by atoms with Gasteiger partial charge in [0.05, 0.1) is 4.90 Å². The van der Waals surface area contributed by atoms with Gasteiger partial charge in [0.1, 0.15) is 11.9 Å². The van der Waals surface area contributed by atoms with Gasteiger partial charge in [0, 0.05) is 11.3 Å². The lowest BCUT2D eigenvalue weighted by molar-refractivity contribution is -0.149. The molecule has 0 aromatic heterocycles. The lowest BCUT2D eigenvalue weighted by atomic mass is 10.1. The average molecular weight is 458 g/mol. The van der Waals surface area contributed by atoms with E-state index in [1.54, 1.807) is 30.3 Å². The summed E-state index contributed by atoms with van der Waals surface area (Å²) in [7, 11) is -3.74. The molecule has 0 spiro atoms. The first-order chi connectivity index (χ1) is 15.1. The largest absolute Gasteiger partial charge is 0.454 e. The first-order valence-corrected chi connectivity index (χ1v) is 11.1. The number of carbonyl (C=O) groups is 3. The van der Waals surface area contributed by atoms with Gasteiger partial charge in [0.15, 0.2) is 6.61 Å². The number of esters is 1. The molecule has 0 radical (unpaired) electrons. The first-order valence-electron chi connectivity index (χ1n) is 9.61. The predicted octanol–water partition coefficient (Wildman–Crippen LogP) is 1.62. The number of amides is 3. The highest BCUT2D eigenvalue weighted by Gasteiger charge is 2.31. The number of nitrogens with zero attached hydrogens (tertiary/aromatic N) is 1. The molecule has 11 heteroatoms. The number of aryl methyl sites for hydroxylation is 2. The molecule has 3 amide bonds. The molecule has 2 aromatic carbocycles. The van der Waals surface area contributed by atoms with E-state index in [1.165, 1.54) is 13.0 Å². The van der Waals surface area contributed by atoms with Crippen molar-refractivity contribution in [1.29, 1.82) is 0 Å². The zero-order chi connectivity index (χ0) is 23.5. The van der Waals surface area contributed by atoms with Gasteiger partial charge in [-0.1, -0.05) is 18.2 Å². The van der Waals surface area contributed by atoms with Gasteiger partial charge in [0.25, 0.3) is 15.9 Å². The van der Waals surface area contributed by atoms with Crippen molar-refractivity contribution in [2.75, 3.05) is 11.9 Å². The van der Waals surface area contributed by atoms with E-state index < -0.39 is 40.6 Å². The van der Waals surface area contributed by atoms with E-state index >= 15 is 0 Å². The SMILES string of the molecule is Cc1ccc(NC(=O)NC(=O)COC(=O)[C@H](C)N=C2NS(=O)(=O)c3ccccc32)cc1C. The molecule has 32 heavy (non-hydrogen) atoms. The molecule has 0 saturated heterocycles. The van der Waals surface area contributed by atoms with Crippen molar-refractivity contribution in [2.24, 2.45) is 4.99 Å². The summed E-state index contributed by atoms with van der Waals surface area (Å²) in [6, 6.07) is 9.65. The van der Waals surface area contributed by atoms with E-state index in [9.17, 15) is 22.8 Å². The number of anilines is 1. The summed E-state index contributed by atoms with van der Waals surface area (Å²) in [6.07, 6.45) is 0. The second-order valence-corrected chi connectivity index (χ2v) is 8.82. The minimum absolute atomic E-state index is 0.0160. The van der Waals surface area contributed by atoms with Gasteiger partial charge in [-0.25, -0.2) is 18.0 Å². The van der Waals surface area contributed by atoms with Crippen molar-refractivity contribution < 1.29 is 27.5 Å². The molecule has 0 aliphatic carbocycles. The third-order valence-corrected chi connectivity index (χ3v) is 6.09. The van der Waals surface area contributed by atoms with Gasteiger partial charge >= 0.3 is 12.0 Å². The van der Waals surface area contributed by atoms with Crippen molar-refractivity contribution in [2.45, 2.75) is 31.7 Å². The fourth-order valence-corrected chi connectivity index (χ4v) is 4.12. The van der Waals surface area contributed by atoms with Gasteiger partial charge in [-0.15, -0.1) is 0 Å². The molecule has 2 aromatic rings. The number of sulfonamides is 1. The average Bonchev–Trinajstić information content (AvgIpc) is 2.99. The van der Waals surface area contributed by atoms with Gasteiger partial charge in [0.2, 0.25) is 0 Å². The molecule has 1 aliphatic heterocycles. The Balaban J connectivity index is 1.53. The Morgan fingerprint density at radius 1 is 1.09 bits per heavy atom. The second kappa shape index (κ2) is 9.18. The Morgan fingerprint density at radius 3 is 2.53 bits per heavy atom. The molecular formula is C21H22N4O6S. The summed E-state index contributed by atoms with van der Waals surface area (Å²) in [6.45, 7) is 4.53. The monoisotopic (exact) mass is 458 g/mol. The summed E-state index contributed by atoms with van der Waals surface area (Å²) in [5, 5.41) is 4.58. The van der Waals surface area contributed by atoms with E-state index in [4.69, 9.17) is 4.74 Å². The minimum Gasteiger partial charge on any atom is -0.454 e. The minimum atomic E-state index is -3.74. The maximum atomic E-state index is 12.2. The fourth-order valence-electron chi connectivity index (χ4n) is 2.88. The number of fused-ring (bicyclic) bond motifs is 1. The van der Waals surface area contributed by atoms with Crippen LogP contribution in [0.15, 0.2) is 52.4 Å². The Kier molecular flexibility index (Phi) is 6.58. The van der Waals surface area contributed by atoms with Crippen LogP contribution in [0.3, 0.4) is 0 Å². The van der Waals surface area contributed by atoms with Crippen molar-refractivity contribution in [1.82, 2.24) is 10.0 Å². The van der Waals surface area contributed by atoms with Crippen LogP contribution in [0.2, 0.25) is 0 Å². The Labute approximate surface area is 185 Å². The second-order valence-electron chi connectivity index (χ2n) is 7.16. The summed E-state index contributed by atoms with van der Waals surface area (Å²) >= 11 is 0. The topological polar surface area (TPSA) is 143 Å². The van der Waals surface area contributed by atoms with E-state index in [-0.39, 0.29) is 10.7 Å². The highest BCUT2D eigenvalue weighted by atomic mass is 32.2. The molecule has 0 saturated carbocycles. The van der Waals surface area contributed by atoms with Crippen LogP contribution in [0.25, 0.3) is 0 Å². The molecular weight excluding hydrogens is 436 g/mol. The van der Waals surface area contributed by atoms with Crippen molar-refractivity contribution in [3.8, 4) is 0 Å². The number of carbonyl (C=O) groups excluding carboxylic acids is 3. The Morgan fingerprint density at radius 2 is 1.81 bits per heavy atom. The summed E-state index contributed by atoms with van der Waals surface area (Å²) in [5.41, 5.74) is 2.89. The number of benzene rings is 2. The third-order valence-electron chi connectivity index (χ3n) is 4.69. The first kappa shape index (κ1) is 22.9. The molecule has 0 fully saturated rings. The number of amidine groups is 1. The van der Waals surface area contributed by atoms with Gasteiger partial charge in [-0.05, 0) is 56.2 Å². The molecule has 1 heterocycles. The third kappa shape index (κ3) is 5.30. The maximum Gasteiger partial charge on any atom is 0.331 e. The fraction of sp³-hybridized carbons (Fsp3) is 0.238. The standard InChI is InChI=1S/C21H22N4O6S/c1-12-8-9-15(10-13(12)2)23-21(28)24-18(26)11-31-20(27)14(3)22-19-16-6-4-5-7-17(16)32(29,30)25-19/h4-10,14H,11H2,1-3H3,(H,22,25)(H2,23,24,26,28)/t14-/m0/s1. The number of nitrogens with one attached hydrogen (secondary N) is 3. The predicted molar refractivity (Wildman–Crippen MR) is 117 cm³/mol. The van der Waals surface area contributed by atoms with Crippen LogP contribution < -0.4 is 15.4 Å². The normalized spacial score (nSPS) is 15.9. The number of imide groups is 1. The highest BCUT2D eigenvalue weighted by Crippen LogP contribution is 2.22. The van der Waals surface area contributed by atoms with Crippen LogP contribution in [0.5, 0.6) is 0 Å². The molecule has 10 nitrogen and oxygen atoms in total. The van der Waals surface area contributed by atoms with Crippen molar-refractivity contribution in [3.05, 3.63) is 59.2 Å². The zero-order valence-corrected chi connectivity index (χ0v) is 18.4. The number of hydrogen-bond acceptors (Lipinski definition) is 7. The highest BCUT2D eigenvalue weighted by molar-refractivity contribution is 7.90. The Bertz CT molecular complexity index is 1220. The quantitative estimate of drug-likeness (QED) is 0.581. The lowest BCUT2D eigenvalue weighted by Gasteiger charge is -2.10. The van der Waals surface area contributed by atoms with Gasteiger partial charge in [-0.2, -0.15) is 0 Å². The number of hydrogen-bond donors (Lipinski definition) is 3. The molecule has 0 unspecified atom stereocenters. The van der Waals surface area contributed by atoms with Crippen LogP contribution in [0.4, 0.5) is 10.5 Å². The van der Waals surface area contributed by atoms with Crippen LogP contribution in [0.1, 0.15) is 23.6 Å². The number of ether oxygens (including phenoxy) is 1. The lowest BCUT2D eigenvalue weighted by Crippen LogP contribution is -2.38. The zero-order valence-electron chi connectivity index (χ0n) is 17.6. The van der Waals surface area contributed by atoms with Crippen molar-refractivity contribution in [3.63, 3.8) is 0 Å². The number of rotatable bonds is 5. The van der Waals surface area contributed by atoms with Crippen LogP contribution in [-0.4, -0.2) is 44.8 Å².